The lowest BCUT2D eigenvalue weighted by Gasteiger charge is -2.02. The molecule has 2 nitrogen and oxygen atoms in total. The molecule has 1 rings (SSSR count). The van der Waals surface area contributed by atoms with Gasteiger partial charge in [-0.05, 0) is 25.7 Å². The maximum atomic E-state index is 2.54. The van der Waals surface area contributed by atoms with E-state index in [0.29, 0.717) is 0 Å². The molecule has 0 radical (unpaired) electrons. The van der Waals surface area contributed by atoms with Gasteiger partial charge in [0.1, 0.15) is 11.4 Å². The number of imidazole rings is 1. The Morgan fingerprint density at radius 1 is 0.905 bits per heavy atom. The third-order valence-electron chi connectivity index (χ3n) is 4.25. The molecule has 0 atom stereocenters. The van der Waals surface area contributed by atoms with Gasteiger partial charge >= 0.3 is 3.83 Å². The molecule has 0 saturated carbocycles. The molecule has 1 aromatic rings. The molecule has 0 aliphatic rings. The summed E-state index contributed by atoms with van der Waals surface area (Å²) in [5.74, 6) is 0. The minimum atomic E-state index is 0. The summed E-state index contributed by atoms with van der Waals surface area (Å²) in [7, 11) is 0. The van der Waals surface area contributed by atoms with Crippen LogP contribution in [0.1, 0.15) is 76.6 Å². The van der Waals surface area contributed by atoms with Gasteiger partial charge in [0.15, 0.2) is 0 Å². The van der Waals surface area contributed by atoms with Gasteiger partial charge in [-0.3, -0.25) is 0 Å². The molecule has 0 aliphatic carbocycles. The fourth-order valence-corrected chi connectivity index (χ4v) is 3.93. The van der Waals surface area contributed by atoms with E-state index in [1.54, 1.807) is 0 Å². The average Bonchev–Trinajstić information content (AvgIpc) is 2.64. The van der Waals surface area contributed by atoms with Crippen molar-refractivity contribution in [1.29, 1.82) is 0 Å². The lowest BCUT2D eigenvalue weighted by atomic mass is 10.2. The molecule has 124 valence electrons. The first kappa shape index (κ1) is 21.7. The van der Waals surface area contributed by atoms with E-state index < -0.39 is 0 Å². The topological polar surface area (TPSA) is 8.81 Å². The van der Waals surface area contributed by atoms with Crippen molar-refractivity contribution in [3.63, 3.8) is 0 Å². The van der Waals surface area contributed by atoms with E-state index in [1.165, 1.54) is 79.7 Å². The van der Waals surface area contributed by atoms with E-state index in [4.69, 9.17) is 0 Å². The number of nitrogens with zero attached hydrogens (tertiary/aromatic N) is 2. The largest absolute Gasteiger partial charge is 1.00 e. The molecule has 4 heteroatoms. The van der Waals surface area contributed by atoms with Crippen LogP contribution in [0.5, 0.6) is 0 Å². The summed E-state index contributed by atoms with van der Waals surface area (Å²) in [6, 6.07) is 0. The number of halogens is 2. The molecule has 0 fully saturated rings. The Labute approximate surface area is 162 Å². The van der Waals surface area contributed by atoms with Gasteiger partial charge in [-0.25, -0.2) is 9.13 Å². The van der Waals surface area contributed by atoms with Crippen LogP contribution in [0.4, 0.5) is 0 Å². The predicted octanol–water partition coefficient (Wildman–Crippen LogP) is 2.16. The second kappa shape index (κ2) is 12.1. The van der Waals surface area contributed by atoms with E-state index in [-0.39, 0.29) is 24.0 Å². The van der Waals surface area contributed by atoms with Crippen molar-refractivity contribution in [1.82, 2.24) is 4.57 Å². The van der Waals surface area contributed by atoms with Crippen LogP contribution in [-0.2, 0) is 13.1 Å². The second-order valence-corrected chi connectivity index (χ2v) is 6.83. The van der Waals surface area contributed by atoms with Crippen molar-refractivity contribution < 1.29 is 28.5 Å². The fourth-order valence-electron chi connectivity index (χ4n) is 2.73. The number of rotatable bonds is 10. The standard InChI is InChI=1S/C17H32IN2.HI/c1-5-7-9-11-13-19-15(3)16(4)20(17(19)18)14-12-10-8-6-2;/h5-14H2,1-4H3;1H/q+1;/p-1. The summed E-state index contributed by atoms with van der Waals surface area (Å²) in [5, 5.41) is 0. The minimum absolute atomic E-state index is 0. The highest BCUT2D eigenvalue weighted by molar-refractivity contribution is 14.1. The van der Waals surface area contributed by atoms with Crippen molar-refractivity contribution in [2.75, 3.05) is 0 Å². The fraction of sp³-hybridized carbons (Fsp3) is 0.824. The highest BCUT2D eigenvalue weighted by Gasteiger charge is 2.22. The predicted molar refractivity (Wildman–Crippen MR) is 95.1 cm³/mol. The van der Waals surface area contributed by atoms with Crippen molar-refractivity contribution in [2.24, 2.45) is 0 Å². The van der Waals surface area contributed by atoms with E-state index in [2.05, 4.69) is 59.4 Å². The molecule has 0 unspecified atom stereocenters. The number of aromatic nitrogens is 2. The van der Waals surface area contributed by atoms with E-state index in [0.717, 1.165) is 0 Å². The van der Waals surface area contributed by atoms with Crippen LogP contribution >= 0.6 is 22.6 Å². The first-order chi connectivity index (χ1) is 9.63. The molecule has 0 amide bonds. The van der Waals surface area contributed by atoms with Crippen LogP contribution in [0.3, 0.4) is 0 Å². The molecule has 0 saturated heterocycles. The average molecular weight is 518 g/mol. The van der Waals surface area contributed by atoms with Crippen LogP contribution in [0.2, 0.25) is 0 Å². The first-order valence-corrected chi connectivity index (χ1v) is 9.46. The number of hydrogen-bond acceptors (Lipinski definition) is 0. The summed E-state index contributed by atoms with van der Waals surface area (Å²) in [6.45, 7) is 11.5. The second-order valence-electron chi connectivity index (χ2n) is 5.86. The van der Waals surface area contributed by atoms with Crippen molar-refractivity contribution >= 4 is 22.6 Å². The molecular weight excluding hydrogens is 486 g/mol. The minimum Gasteiger partial charge on any atom is -1.00 e. The summed E-state index contributed by atoms with van der Waals surface area (Å²) in [4.78, 5) is 0. The van der Waals surface area contributed by atoms with Crippen LogP contribution in [0.15, 0.2) is 0 Å². The first-order valence-electron chi connectivity index (χ1n) is 8.38. The molecule has 0 aromatic carbocycles. The summed E-state index contributed by atoms with van der Waals surface area (Å²) in [5.41, 5.74) is 2.92. The van der Waals surface area contributed by atoms with Gasteiger partial charge in [0.2, 0.25) is 0 Å². The van der Waals surface area contributed by atoms with Crippen molar-refractivity contribution in [3.8, 4) is 0 Å². The SMILES string of the molecule is CCCCCCn1c(C)c(C)[n+](CCCCCC)c1I.[I-]. The van der Waals surface area contributed by atoms with Crippen molar-refractivity contribution in [3.05, 3.63) is 15.2 Å². The van der Waals surface area contributed by atoms with Gasteiger partial charge in [-0.1, -0.05) is 39.5 Å². The molecule has 0 spiro atoms. The van der Waals surface area contributed by atoms with Crippen LogP contribution < -0.4 is 28.5 Å². The smallest absolute Gasteiger partial charge is 0.317 e. The third kappa shape index (κ3) is 6.75. The molecule has 1 heterocycles. The Bertz CT molecular complexity index is 364. The lowest BCUT2D eigenvalue weighted by Crippen LogP contribution is -3.00. The zero-order chi connectivity index (χ0) is 15.0. The third-order valence-corrected chi connectivity index (χ3v) is 5.41. The van der Waals surface area contributed by atoms with Crippen LogP contribution in [0, 0.1) is 17.7 Å². The molecule has 0 bridgehead atoms. The van der Waals surface area contributed by atoms with E-state index >= 15 is 0 Å². The van der Waals surface area contributed by atoms with Gasteiger partial charge < -0.3 is 24.0 Å². The Kier molecular flexibility index (Phi) is 12.5. The lowest BCUT2D eigenvalue weighted by molar-refractivity contribution is -0.715. The van der Waals surface area contributed by atoms with Gasteiger partial charge in [-0.15, -0.1) is 0 Å². The molecule has 1 aromatic heterocycles. The summed E-state index contributed by atoms with van der Waals surface area (Å²) >= 11 is 2.54. The zero-order valence-electron chi connectivity index (χ0n) is 14.2. The highest BCUT2D eigenvalue weighted by Crippen LogP contribution is 2.14. The normalized spacial score (nSPS) is 10.7. The van der Waals surface area contributed by atoms with E-state index in [1.807, 2.05) is 0 Å². The van der Waals surface area contributed by atoms with Crippen molar-refractivity contribution in [2.45, 2.75) is 92.2 Å². The molecule has 21 heavy (non-hydrogen) atoms. The van der Waals surface area contributed by atoms with Gasteiger partial charge in [-0.2, -0.15) is 0 Å². The maximum Gasteiger partial charge on any atom is 0.317 e. The van der Waals surface area contributed by atoms with E-state index in [9.17, 15) is 0 Å². The maximum absolute atomic E-state index is 2.54. The van der Waals surface area contributed by atoms with Crippen LogP contribution in [0.25, 0.3) is 0 Å². The number of hydrogen-bond donors (Lipinski definition) is 0. The quantitative estimate of drug-likeness (QED) is 0.255. The Morgan fingerprint density at radius 2 is 1.48 bits per heavy atom. The number of unbranched alkanes of at least 4 members (excludes halogenated alkanes) is 6. The van der Waals surface area contributed by atoms with Gasteiger partial charge in [0.05, 0.1) is 35.7 Å². The Morgan fingerprint density at radius 3 is 2.05 bits per heavy atom. The highest BCUT2D eigenvalue weighted by atomic mass is 127. The molecule has 0 aliphatic heterocycles. The molecular formula is C17H32I2N2. The summed E-state index contributed by atoms with van der Waals surface area (Å²) < 4.78 is 6.46. The van der Waals surface area contributed by atoms with Gasteiger partial charge in [0, 0.05) is 13.8 Å². The monoisotopic (exact) mass is 518 g/mol. The Balaban J connectivity index is 0.00000400. The zero-order valence-corrected chi connectivity index (χ0v) is 18.5. The Hall–Kier alpha value is 0.670. The van der Waals surface area contributed by atoms with Crippen LogP contribution in [-0.4, -0.2) is 4.57 Å². The molecule has 0 N–H and O–H groups in total. The summed E-state index contributed by atoms with van der Waals surface area (Å²) in [6.07, 6.45) is 10.7. The van der Waals surface area contributed by atoms with Gasteiger partial charge in [0.25, 0.3) is 0 Å².